The van der Waals surface area contributed by atoms with Crippen molar-refractivity contribution in [1.82, 2.24) is 10.6 Å². The summed E-state index contributed by atoms with van der Waals surface area (Å²) in [6.07, 6.45) is 1.20. The summed E-state index contributed by atoms with van der Waals surface area (Å²) in [6.45, 7) is 2.34. The third-order valence-corrected chi connectivity index (χ3v) is 5.06. The third kappa shape index (κ3) is 6.62. The van der Waals surface area contributed by atoms with Crippen molar-refractivity contribution in [2.45, 2.75) is 19.8 Å². The first-order chi connectivity index (χ1) is 16.5. The molecule has 3 amide bonds. The molecule has 3 aromatic carbocycles. The van der Waals surface area contributed by atoms with Crippen LogP contribution >= 0.6 is 0 Å². The number of amides is 3. The molecule has 3 aromatic rings. The predicted molar refractivity (Wildman–Crippen MR) is 131 cm³/mol. The lowest BCUT2D eigenvalue weighted by atomic mass is 9.98. The topological polar surface area (TPSA) is 104 Å². The largest absolute Gasteiger partial charge is 0.350 e. The highest BCUT2D eigenvalue weighted by molar-refractivity contribution is 6.15. The molecule has 3 N–H and O–H groups in total. The standard InChI is InChI=1S/C27H27N3O4/c1-2-8-24(31)30-21-15-13-20(14-16-21)26(33)28-17-18-29-27(34)23-12-7-6-11-22(23)25(32)19-9-4-3-5-10-19/h3-7,9-16H,2,8,17-18H2,1H3,(H,28,33)(H,29,34)(H,30,31). The number of hydrogen-bond donors (Lipinski definition) is 3. The minimum Gasteiger partial charge on any atom is -0.350 e. The van der Waals surface area contributed by atoms with Gasteiger partial charge in [0.2, 0.25) is 5.91 Å². The van der Waals surface area contributed by atoms with Crippen molar-refractivity contribution in [3.05, 3.63) is 101 Å². The Morgan fingerprint density at radius 1 is 0.647 bits per heavy atom. The van der Waals surface area contributed by atoms with Gasteiger partial charge in [0.25, 0.3) is 11.8 Å². The lowest BCUT2D eigenvalue weighted by Gasteiger charge is -2.11. The van der Waals surface area contributed by atoms with E-state index >= 15 is 0 Å². The van der Waals surface area contributed by atoms with E-state index in [-0.39, 0.29) is 42.2 Å². The molecule has 0 aliphatic heterocycles. The molecule has 0 aromatic heterocycles. The molecule has 0 fully saturated rings. The highest BCUT2D eigenvalue weighted by Gasteiger charge is 2.17. The van der Waals surface area contributed by atoms with E-state index in [4.69, 9.17) is 0 Å². The van der Waals surface area contributed by atoms with E-state index < -0.39 is 0 Å². The number of nitrogens with one attached hydrogen (secondary N) is 3. The SMILES string of the molecule is CCCC(=O)Nc1ccc(C(=O)NCCNC(=O)c2ccccc2C(=O)c2ccccc2)cc1. The molecule has 0 saturated carbocycles. The second kappa shape index (κ2) is 12.1. The number of carbonyl (C=O) groups excluding carboxylic acids is 4. The molecular weight excluding hydrogens is 430 g/mol. The fourth-order valence-corrected chi connectivity index (χ4v) is 3.33. The number of anilines is 1. The summed E-state index contributed by atoms with van der Waals surface area (Å²) in [5, 5.41) is 8.25. The quantitative estimate of drug-likeness (QED) is 0.318. The van der Waals surface area contributed by atoms with Crippen LogP contribution < -0.4 is 16.0 Å². The van der Waals surface area contributed by atoms with Crippen LogP contribution in [0.2, 0.25) is 0 Å². The van der Waals surface area contributed by atoms with Crippen LogP contribution in [0.25, 0.3) is 0 Å². The summed E-state index contributed by atoms with van der Waals surface area (Å²) >= 11 is 0. The lowest BCUT2D eigenvalue weighted by molar-refractivity contribution is -0.116. The molecule has 174 valence electrons. The Balaban J connectivity index is 1.51. The number of hydrogen-bond acceptors (Lipinski definition) is 4. The van der Waals surface area contributed by atoms with Gasteiger partial charge in [-0.25, -0.2) is 0 Å². The second-order valence-electron chi connectivity index (χ2n) is 7.63. The maximum absolute atomic E-state index is 12.8. The van der Waals surface area contributed by atoms with E-state index in [1.807, 2.05) is 13.0 Å². The van der Waals surface area contributed by atoms with E-state index in [9.17, 15) is 19.2 Å². The van der Waals surface area contributed by atoms with Crippen LogP contribution in [0.1, 0.15) is 56.4 Å². The first kappa shape index (κ1) is 24.4. The van der Waals surface area contributed by atoms with E-state index in [0.717, 1.165) is 6.42 Å². The van der Waals surface area contributed by atoms with Gasteiger partial charge in [0.05, 0.1) is 5.56 Å². The number of ketones is 1. The van der Waals surface area contributed by atoms with Crippen LogP contribution in [0.5, 0.6) is 0 Å². The van der Waals surface area contributed by atoms with Crippen LogP contribution in [-0.2, 0) is 4.79 Å². The fourth-order valence-electron chi connectivity index (χ4n) is 3.33. The summed E-state index contributed by atoms with van der Waals surface area (Å²) in [5.41, 5.74) is 2.18. The van der Waals surface area contributed by atoms with Crippen LogP contribution in [0.15, 0.2) is 78.9 Å². The minimum atomic E-state index is -0.388. The number of carbonyl (C=O) groups is 4. The van der Waals surface area contributed by atoms with E-state index in [0.29, 0.717) is 28.8 Å². The molecule has 0 saturated heterocycles. The van der Waals surface area contributed by atoms with Crippen molar-refractivity contribution in [3.63, 3.8) is 0 Å². The number of benzene rings is 3. The summed E-state index contributed by atoms with van der Waals surface area (Å²) in [7, 11) is 0. The second-order valence-corrected chi connectivity index (χ2v) is 7.63. The normalized spacial score (nSPS) is 10.3. The van der Waals surface area contributed by atoms with E-state index in [1.165, 1.54) is 0 Å². The zero-order chi connectivity index (χ0) is 24.3. The molecule has 0 spiro atoms. The molecule has 0 aliphatic carbocycles. The van der Waals surface area contributed by atoms with Gasteiger partial charge in [-0.05, 0) is 36.8 Å². The Bertz CT molecular complexity index is 1160. The molecule has 0 radical (unpaired) electrons. The van der Waals surface area contributed by atoms with E-state index in [2.05, 4.69) is 16.0 Å². The molecule has 7 nitrogen and oxygen atoms in total. The van der Waals surface area contributed by atoms with Gasteiger partial charge in [0, 0.05) is 41.9 Å². The smallest absolute Gasteiger partial charge is 0.252 e. The van der Waals surface area contributed by atoms with Crippen molar-refractivity contribution >= 4 is 29.2 Å². The summed E-state index contributed by atoms with van der Waals surface area (Å²) in [4.78, 5) is 49.5. The molecular formula is C27H27N3O4. The molecule has 0 aliphatic rings. The van der Waals surface area contributed by atoms with E-state index in [1.54, 1.807) is 72.8 Å². The first-order valence-electron chi connectivity index (χ1n) is 11.1. The van der Waals surface area contributed by atoms with Gasteiger partial charge in [-0.1, -0.05) is 55.5 Å². The van der Waals surface area contributed by atoms with Gasteiger partial charge in [0.1, 0.15) is 0 Å². The highest BCUT2D eigenvalue weighted by Crippen LogP contribution is 2.15. The van der Waals surface area contributed by atoms with Gasteiger partial charge < -0.3 is 16.0 Å². The molecule has 3 rings (SSSR count). The van der Waals surface area contributed by atoms with Gasteiger partial charge in [-0.15, -0.1) is 0 Å². The zero-order valence-electron chi connectivity index (χ0n) is 19.0. The third-order valence-electron chi connectivity index (χ3n) is 5.06. The highest BCUT2D eigenvalue weighted by atomic mass is 16.2. The number of rotatable bonds is 10. The van der Waals surface area contributed by atoms with Crippen molar-refractivity contribution in [1.29, 1.82) is 0 Å². The monoisotopic (exact) mass is 457 g/mol. The Labute approximate surface area is 198 Å². The lowest BCUT2D eigenvalue weighted by Crippen LogP contribution is -2.35. The van der Waals surface area contributed by atoms with Gasteiger partial charge >= 0.3 is 0 Å². The maximum atomic E-state index is 12.8. The zero-order valence-corrected chi connectivity index (χ0v) is 19.0. The predicted octanol–water partition coefficient (Wildman–Crippen LogP) is 3.82. The van der Waals surface area contributed by atoms with Gasteiger partial charge in [-0.3, -0.25) is 19.2 Å². The average molecular weight is 458 g/mol. The molecule has 7 heteroatoms. The Morgan fingerprint density at radius 2 is 1.24 bits per heavy atom. The maximum Gasteiger partial charge on any atom is 0.252 e. The fraction of sp³-hybridized carbons (Fsp3) is 0.185. The minimum absolute atomic E-state index is 0.0671. The average Bonchev–Trinajstić information content (AvgIpc) is 2.87. The summed E-state index contributed by atoms with van der Waals surface area (Å²) in [6, 6.07) is 22.0. The molecule has 0 bridgehead atoms. The van der Waals surface area contributed by atoms with Crippen LogP contribution in [0.3, 0.4) is 0 Å². The van der Waals surface area contributed by atoms with Crippen LogP contribution in [-0.4, -0.2) is 36.6 Å². The Hall–Kier alpha value is -4.26. The summed E-state index contributed by atoms with van der Waals surface area (Å²) < 4.78 is 0. The Morgan fingerprint density at radius 3 is 1.88 bits per heavy atom. The van der Waals surface area contributed by atoms with Crippen molar-refractivity contribution in [2.24, 2.45) is 0 Å². The Kier molecular flexibility index (Phi) is 8.68. The first-order valence-corrected chi connectivity index (χ1v) is 11.1. The van der Waals surface area contributed by atoms with Crippen molar-refractivity contribution in [2.75, 3.05) is 18.4 Å². The van der Waals surface area contributed by atoms with Crippen molar-refractivity contribution < 1.29 is 19.2 Å². The van der Waals surface area contributed by atoms with Gasteiger partial charge in [-0.2, -0.15) is 0 Å². The molecule has 0 heterocycles. The summed E-state index contributed by atoms with van der Waals surface area (Å²) in [5.74, 6) is -0.974. The molecule has 0 unspecified atom stereocenters. The molecule has 0 atom stereocenters. The van der Waals surface area contributed by atoms with Crippen LogP contribution in [0.4, 0.5) is 5.69 Å². The molecule has 34 heavy (non-hydrogen) atoms. The van der Waals surface area contributed by atoms with Crippen molar-refractivity contribution in [3.8, 4) is 0 Å². The van der Waals surface area contributed by atoms with Crippen LogP contribution in [0, 0.1) is 0 Å². The van der Waals surface area contributed by atoms with Gasteiger partial charge in [0.15, 0.2) is 5.78 Å².